The van der Waals surface area contributed by atoms with E-state index in [4.69, 9.17) is 10.5 Å². The molecule has 0 spiro atoms. The van der Waals surface area contributed by atoms with E-state index in [1.807, 2.05) is 12.1 Å². The van der Waals surface area contributed by atoms with Gasteiger partial charge in [0.1, 0.15) is 5.75 Å². The van der Waals surface area contributed by atoms with Crippen LogP contribution < -0.4 is 10.5 Å². The van der Waals surface area contributed by atoms with Crippen LogP contribution in [0.15, 0.2) is 22.7 Å². The summed E-state index contributed by atoms with van der Waals surface area (Å²) in [4.78, 5) is 0. The van der Waals surface area contributed by atoms with Gasteiger partial charge in [0.25, 0.3) is 0 Å². The Bertz CT molecular complexity index is 339. The maximum Gasteiger partial charge on any atom is 0.122 e. The van der Waals surface area contributed by atoms with Gasteiger partial charge in [-0.2, -0.15) is 0 Å². The van der Waals surface area contributed by atoms with Gasteiger partial charge in [-0.05, 0) is 55.5 Å². The average molecular weight is 300 g/mol. The minimum atomic E-state index is 0.652. The summed E-state index contributed by atoms with van der Waals surface area (Å²) in [7, 11) is 0. The fourth-order valence-corrected chi connectivity index (χ4v) is 2.12. The first-order valence-electron chi connectivity index (χ1n) is 6.24. The van der Waals surface area contributed by atoms with Crippen molar-refractivity contribution in [3.05, 3.63) is 28.2 Å². The topological polar surface area (TPSA) is 35.2 Å². The van der Waals surface area contributed by atoms with E-state index in [1.165, 1.54) is 12.0 Å². The van der Waals surface area contributed by atoms with E-state index in [0.717, 1.165) is 35.6 Å². The fourth-order valence-electron chi connectivity index (χ4n) is 1.71. The Kier molecular flexibility index (Phi) is 6.60. The molecule has 0 aliphatic rings. The standard InChI is InChI=1S/C14H22BrNO/c1-11(2)4-3-9-17-14-6-5-13(15)10-12(14)7-8-16/h5-6,10-11H,3-4,7-9,16H2,1-2H3. The van der Waals surface area contributed by atoms with E-state index in [9.17, 15) is 0 Å². The molecule has 0 fully saturated rings. The van der Waals surface area contributed by atoms with E-state index in [-0.39, 0.29) is 0 Å². The molecule has 2 N–H and O–H groups in total. The predicted molar refractivity (Wildman–Crippen MR) is 76.5 cm³/mol. The normalized spacial score (nSPS) is 10.9. The minimum Gasteiger partial charge on any atom is -0.493 e. The number of ether oxygens (including phenoxy) is 1. The first-order valence-corrected chi connectivity index (χ1v) is 7.04. The van der Waals surface area contributed by atoms with Gasteiger partial charge in [-0.3, -0.25) is 0 Å². The van der Waals surface area contributed by atoms with Crippen LogP contribution in [0.3, 0.4) is 0 Å². The van der Waals surface area contributed by atoms with Gasteiger partial charge in [0.05, 0.1) is 6.61 Å². The third-order valence-corrected chi connectivity index (χ3v) is 3.11. The highest BCUT2D eigenvalue weighted by Gasteiger charge is 2.04. The molecular weight excluding hydrogens is 278 g/mol. The van der Waals surface area contributed by atoms with E-state index < -0.39 is 0 Å². The SMILES string of the molecule is CC(C)CCCOc1ccc(Br)cc1CCN. The lowest BCUT2D eigenvalue weighted by Crippen LogP contribution is -2.06. The molecule has 0 bridgehead atoms. The van der Waals surface area contributed by atoms with Gasteiger partial charge in [-0.1, -0.05) is 29.8 Å². The lowest BCUT2D eigenvalue weighted by Gasteiger charge is -2.12. The second kappa shape index (κ2) is 7.72. The molecule has 1 aromatic carbocycles. The van der Waals surface area contributed by atoms with Gasteiger partial charge < -0.3 is 10.5 Å². The van der Waals surface area contributed by atoms with Crippen molar-refractivity contribution >= 4 is 15.9 Å². The number of nitrogens with two attached hydrogens (primary N) is 1. The maximum atomic E-state index is 5.82. The zero-order chi connectivity index (χ0) is 12.7. The Morgan fingerprint density at radius 3 is 2.76 bits per heavy atom. The molecule has 3 heteroatoms. The monoisotopic (exact) mass is 299 g/mol. The van der Waals surface area contributed by atoms with Crippen molar-refractivity contribution in [1.82, 2.24) is 0 Å². The van der Waals surface area contributed by atoms with E-state index in [2.05, 4.69) is 35.8 Å². The molecular formula is C14H22BrNO. The molecule has 0 aromatic heterocycles. The Hall–Kier alpha value is -0.540. The number of hydrogen-bond acceptors (Lipinski definition) is 2. The number of benzene rings is 1. The zero-order valence-electron chi connectivity index (χ0n) is 10.7. The van der Waals surface area contributed by atoms with Crippen molar-refractivity contribution in [2.45, 2.75) is 33.1 Å². The summed E-state index contributed by atoms with van der Waals surface area (Å²) in [6, 6.07) is 6.12. The summed E-state index contributed by atoms with van der Waals surface area (Å²) in [6.45, 7) is 5.91. The highest BCUT2D eigenvalue weighted by Crippen LogP contribution is 2.23. The van der Waals surface area contributed by atoms with Gasteiger partial charge in [0.15, 0.2) is 0 Å². The van der Waals surface area contributed by atoms with Crippen LogP contribution in [0.2, 0.25) is 0 Å². The summed E-state index contributed by atoms with van der Waals surface area (Å²) in [5.41, 5.74) is 6.79. The second-order valence-electron chi connectivity index (χ2n) is 4.68. The molecule has 1 rings (SSSR count). The van der Waals surface area contributed by atoms with Crippen molar-refractivity contribution in [1.29, 1.82) is 0 Å². The third-order valence-electron chi connectivity index (χ3n) is 2.62. The first kappa shape index (κ1) is 14.5. The molecule has 0 aliphatic heterocycles. The van der Waals surface area contributed by atoms with Crippen LogP contribution >= 0.6 is 15.9 Å². The van der Waals surface area contributed by atoms with Crippen LogP contribution in [0.1, 0.15) is 32.3 Å². The summed E-state index contributed by atoms with van der Waals surface area (Å²) in [5, 5.41) is 0. The third kappa shape index (κ3) is 5.55. The molecule has 2 nitrogen and oxygen atoms in total. The Morgan fingerprint density at radius 1 is 1.35 bits per heavy atom. The largest absolute Gasteiger partial charge is 0.493 e. The molecule has 0 heterocycles. The Morgan fingerprint density at radius 2 is 2.12 bits per heavy atom. The van der Waals surface area contributed by atoms with Gasteiger partial charge in [0.2, 0.25) is 0 Å². The fraction of sp³-hybridized carbons (Fsp3) is 0.571. The average Bonchev–Trinajstić information content (AvgIpc) is 2.27. The molecule has 17 heavy (non-hydrogen) atoms. The minimum absolute atomic E-state index is 0.652. The van der Waals surface area contributed by atoms with Crippen molar-refractivity contribution in [2.75, 3.05) is 13.2 Å². The molecule has 96 valence electrons. The lowest BCUT2D eigenvalue weighted by molar-refractivity contribution is 0.295. The highest BCUT2D eigenvalue weighted by molar-refractivity contribution is 9.10. The molecule has 1 aromatic rings. The van der Waals surface area contributed by atoms with Crippen LogP contribution in [0, 0.1) is 5.92 Å². The lowest BCUT2D eigenvalue weighted by atomic mass is 10.1. The van der Waals surface area contributed by atoms with Crippen LogP contribution in [0.4, 0.5) is 0 Å². The highest BCUT2D eigenvalue weighted by atomic mass is 79.9. The van der Waals surface area contributed by atoms with E-state index >= 15 is 0 Å². The van der Waals surface area contributed by atoms with E-state index in [0.29, 0.717) is 6.54 Å². The molecule has 0 saturated heterocycles. The van der Waals surface area contributed by atoms with Crippen LogP contribution in [0.5, 0.6) is 5.75 Å². The van der Waals surface area contributed by atoms with Crippen molar-refractivity contribution < 1.29 is 4.74 Å². The van der Waals surface area contributed by atoms with Gasteiger partial charge in [-0.15, -0.1) is 0 Å². The van der Waals surface area contributed by atoms with Crippen LogP contribution in [0.25, 0.3) is 0 Å². The predicted octanol–water partition coefficient (Wildman–Crippen LogP) is 3.77. The summed E-state index contributed by atoms with van der Waals surface area (Å²) in [5.74, 6) is 1.72. The molecule has 0 radical (unpaired) electrons. The maximum absolute atomic E-state index is 5.82. The quantitative estimate of drug-likeness (QED) is 0.778. The van der Waals surface area contributed by atoms with Gasteiger partial charge in [-0.25, -0.2) is 0 Å². The number of rotatable bonds is 7. The van der Waals surface area contributed by atoms with Crippen LogP contribution in [-0.4, -0.2) is 13.2 Å². The smallest absolute Gasteiger partial charge is 0.122 e. The molecule has 0 aliphatic carbocycles. The van der Waals surface area contributed by atoms with Gasteiger partial charge >= 0.3 is 0 Å². The van der Waals surface area contributed by atoms with E-state index in [1.54, 1.807) is 0 Å². The molecule has 0 saturated carbocycles. The Labute approximate surface area is 113 Å². The molecule has 0 atom stereocenters. The first-order chi connectivity index (χ1) is 8.13. The summed E-state index contributed by atoms with van der Waals surface area (Å²) < 4.78 is 6.90. The van der Waals surface area contributed by atoms with Crippen molar-refractivity contribution in [3.63, 3.8) is 0 Å². The summed E-state index contributed by atoms with van der Waals surface area (Å²) >= 11 is 3.47. The number of halogens is 1. The molecule has 0 unspecified atom stereocenters. The Balaban J connectivity index is 2.51. The zero-order valence-corrected chi connectivity index (χ0v) is 12.3. The number of hydrogen-bond donors (Lipinski definition) is 1. The van der Waals surface area contributed by atoms with Gasteiger partial charge in [0, 0.05) is 4.47 Å². The second-order valence-corrected chi connectivity index (χ2v) is 5.59. The molecule has 0 amide bonds. The van der Waals surface area contributed by atoms with Crippen molar-refractivity contribution in [3.8, 4) is 5.75 Å². The summed E-state index contributed by atoms with van der Waals surface area (Å²) in [6.07, 6.45) is 3.18. The van der Waals surface area contributed by atoms with Crippen LogP contribution in [-0.2, 0) is 6.42 Å². The van der Waals surface area contributed by atoms with Crippen molar-refractivity contribution in [2.24, 2.45) is 11.7 Å².